The van der Waals surface area contributed by atoms with E-state index >= 15 is 0 Å². The number of fused-ring (bicyclic) bond motifs is 3. The number of benzene rings is 1. The molecule has 1 amide bonds. The standard InChI is InChI=1S/C21H23NO6S/c1-11-7-15-18(19-17(11)12(2)9-27-19)13(3)14(20(24)28-15)8-16(23)22-21(4)5-6-29(25,26)10-21/h7,9H,5-6,8,10H2,1-4H3,(H,22,23)/t21-/m1/s1. The molecular weight excluding hydrogens is 394 g/mol. The summed E-state index contributed by atoms with van der Waals surface area (Å²) in [5.41, 5.74) is 2.48. The van der Waals surface area contributed by atoms with Crippen LogP contribution in [0.3, 0.4) is 0 Å². The van der Waals surface area contributed by atoms with Crippen LogP contribution < -0.4 is 10.9 Å². The summed E-state index contributed by atoms with van der Waals surface area (Å²) in [6.07, 6.45) is 1.84. The van der Waals surface area contributed by atoms with Crippen LogP contribution in [0, 0.1) is 20.8 Å². The molecular formula is C21H23NO6S. The van der Waals surface area contributed by atoms with Crippen molar-refractivity contribution >= 4 is 37.7 Å². The molecule has 1 N–H and O–H groups in total. The van der Waals surface area contributed by atoms with Crippen molar-refractivity contribution in [3.8, 4) is 0 Å². The molecule has 1 saturated heterocycles. The van der Waals surface area contributed by atoms with Gasteiger partial charge in [-0.1, -0.05) is 0 Å². The molecule has 1 aliphatic heterocycles. The number of hydrogen-bond acceptors (Lipinski definition) is 6. The van der Waals surface area contributed by atoms with Crippen LogP contribution in [0.1, 0.15) is 35.6 Å². The highest BCUT2D eigenvalue weighted by Crippen LogP contribution is 2.34. The number of nitrogens with one attached hydrogen (secondary N) is 1. The van der Waals surface area contributed by atoms with Crippen LogP contribution in [0.2, 0.25) is 0 Å². The SMILES string of the molecule is Cc1coc2c1c(C)cc1oc(=O)c(CC(=O)N[C@]3(C)CCS(=O)(=O)C3)c(C)c12. The topological polar surface area (TPSA) is 107 Å². The summed E-state index contributed by atoms with van der Waals surface area (Å²) < 4.78 is 34.8. The van der Waals surface area contributed by atoms with Crippen molar-refractivity contribution in [2.24, 2.45) is 0 Å². The summed E-state index contributed by atoms with van der Waals surface area (Å²) >= 11 is 0. The van der Waals surface area contributed by atoms with E-state index in [0.29, 0.717) is 28.5 Å². The highest BCUT2D eigenvalue weighted by molar-refractivity contribution is 7.91. The van der Waals surface area contributed by atoms with Gasteiger partial charge in [-0.15, -0.1) is 0 Å². The molecule has 0 unspecified atom stereocenters. The summed E-state index contributed by atoms with van der Waals surface area (Å²) in [4.78, 5) is 25.2. The Kier molecular flexibility index (Phi) is 4.38. The van der Waals surface area contributed by atoms with E-state index in [1.807, 2.05) is 19.9 Å². The quantitative estimate of drug-likeness (QED) is 0.657. The average Bonchev–Trinajstić information content (AvgIpc) is 3.11. The molecule has 7 nitrogen and oxygen atoms in total. The van der Waals surface area contributed by atoms with Crippen molar-refractivity contribution in [3.05, 3.63) is 45.0 Å². The van der Waals surface area contributed by atoms with Crippen molar-refractivity contribution in [2.45, 2.75) is 46.1 Å². The Bertz CT molecular complexity index is 1330. The number of sulfone groups is 1. The highest BCUT2D eigenvalue weighted by atomic mass is 32.2. The van der Waals surface area contributed by atoms with Crippen LogP contribution in [0.4, 0.5) is 0 Å². The van der Waals surface area contributed by atoms with E-state index in [4.69, 9.17) is 8.83 Å². The van der Waals surface area contributed by atoms with Gasteiger partial charge in [0.15, 0.2) is 9.84 Å². The number of hydrogen-bond donors (Lipinski definition) is 1. The largest absolute Gasteiger partial charge is 0.463 e. The Morgan fingerprint density at radius 3 is 2.59 bits per heavy atom. The van der Waals surface area contributed by atoms with Crippen molar-refractivity contribution in [1.82, 2.24) is 5.32 Å². The lowest BCUT2D eigenvalue weighted by atomic mass is 9.97. The van der Waals surface area contributed by atoms with Crippen LogP contribution in [-0.2, 0) is 21.1 Å². The van der Waals surface area contributed by atoms with Crippen LogP contribution in [-0.4, -0.2) is 31.4 Å². The van der Waals surface area contributed by atoms with Gasteiger partial charge in [0.1, 0.15) is 11.2 Å². The lowest BCUT2D eigenvalue weighted by Crippen LogP contribution is -2.47. The summed E-state index contributed by atoms with van der Waals surface area (Å²) in [6, 6.07) is 1.81. The first-order chi connectivity index (χ1) is 13.5. The minimum absolute atomic E-state index is 0.0517. The molecule has 1 aliphatic rings. The first kappa shape index (κ1) is 19.7. The van der Waals surface area contributed by atoms with E-state index in [9.17, 15) is 18.0 Å². The summed E-state index contributed by atoms with van der Waals surface area (Å²) in [5.74, 6) is -0.447. The first-order valence-electron chi connectivity index (χ1n) is 9.45. The molecule has 0 radical (unpaired) electrons. The third kappa shape index (κ3) is 3.35. The second-order valence-electron chi connectivity index (χ2n) is 8.31. The number of furan rings is 1. The summed E-state index contributed by atoms with van der Waals surface area (Å²) in [7, 11) is -3.15. The fourth-order valence-corrected chi connectivity index (χ4v) is 6.42. The normalized spacial score (nSPS) is 21.1. The van der Waals surface area contributed by atoms with Crippen LogP contribution >= 0.6 is 0 Å². The molecule has 3 aromatic rings. The predicted molar refractivity (Wildman–Crippen MR) is 110 cm³/mol. The zero-order chi connectivity index (χ0) is 21.1. The van der Waals surface area contributed by atoms with E-state index < -0.39 is 26.9 Å². The molecule has 0 spiro atoms. The molecule has 0 bridgehead atoms. The average molecular weight is 417 g/mol. The van der Waals surface area contributed by atoms with E-state index in [0.717, 1.165) is 16.5 Å². The number of aryl methyl sites for hydroxylation is 3. The van der Waals surface area contributed by atoms with E-state index in [2.05, 4.69) is 5.32 Å². The van der Waals surface area contributed by atoms with Gasteiger partial charge < -0.3 is 14.2 Å². The highest BCUT2D eigenvalue weighted by Gasteiger charge is 2.39. The van der Waals surface area contributed by atoms with Gasteiger partial charge in [0, 0.05) is 5.39 Å². The minimum atomic E-state index is -3.15. The Balaban J connectivity index is 1.75. The van der Waals surface area contributed by atoms with Crippen LogP contribution in [0.5, 0.6) is 0 Å². The van der Waals surface area contributed by atoms with Gasteiger partial charge in [-0.3, -0.25) is 4.79 Å². The monoisotopic (exact) mass is 417 g/mol. The molecule has 3 heterocycles. The maximum atomic E-state index is 12.6. The van der Waals surface area contributed by atoms with Gasteiger partial charge in [-0.05, 0) is 56.9 Å². The van der Waals surface area contributed by atoms with E-state index in [1.165, 1.54) is 0 Å². The van der Waals surface area contributed by atoms with Gasteiger partial charge in [0.25, 0.3) is 0 Å². The molecule has 0 saturated carbocycles. The van der Waals surface area contributed by atoms with Gasteiger partial charge >= 0.3 is 5.63 Å². The Morgan fingerprint density at radius 1 is 1.21 bits per heavy atom. The fourth-order valence-electron chi connectivity index (χ4n) is 4.33. The zero-order valence-corrected chi connectivity index (χ0v) is 17.7. The van der Waals surface area contributed by atoms with E-state index in [1.54, 1.807) is 20.1 Å². The van der Waals surface area contributed by atoms with E-state index in [-0.39, 0.29) is 23.5 Å². The van der Waals surface area contributed by atoms with Crippen molar-refractivity contribution in [2.75, 3.05) is 11.5 Å². The van der Waals surface area contributed by atoms with Crippen molar-refractivity contribution in [1.29, 1.82) is 0 Å². The van der Waals surface area contributed by atoms with Crippen LogP contribution in [0.15, 0.2) is 26.0 Å². The minimum Gasteiger partial charge on any atom is -0.463 e. The van der Waals surface area contributed by atoms with Gasteiger partial charge in [0.05, 0.1) is 40.7 Å². The predicted octanol–water partition coefficient (Wildman–Crippen LogP) is 2.70. The second kappa shape index (κ2) is 6.45. The number of rotatable bonds is 3. The molecule has 0 aliphatic carbocycles. The van der Waals surface area contributed by atoms with Gasteiger partial charge in [0.2, 0.25) is 5.91 Å². The molecule has 29 heavy (non-hydrogen) atoms. The van der Waals surface area contributed by atoms with Crippen LogP contribution in [0.25, 0.3) is 21.9 Å². The third-order valence-corrected chi connectivity index (χ3v) is 7.65. The number of carbonyl (C=O) groups is 1. The summed E-state index contributed by atoms with van der Waals surface area (Å²) in [5, 5.41) is 4.43. The van der Waals surface area contributed by atoms with Crippen molar-refractivity contribution < 1.29 is 22.0 Å². The van der Waals surface area contributed by atoms with Crippen molar-refractivity contribution in [3.63, 3.8) is 0 Å². The molecule has 8 heteroatoms. The molecule has 1 fully saturated rings. The number of amides is 1. The number of carbonyl (C=O) groups excluding carboxylic acids is 1. The lowest BCUT2D eigenvalue weighted by Gasteiger charge is -2.24. The molecule has 1 atom stereocenters. The van der Waals surface area contributed by atoms with Gasteiger partial charge in [-0.25, -0.2) is 13.2 Å². The Morgan fingerprint density at radius 2 is 1.93 bits per heavy atom. The maximum Gasteiger partial charge on any atom is 0.340 e. The zero-order valence-electron chi connectivity index (χ0n) is 16.8. The third-order valence-electron chi connectivity index (χ3n) is 5.75. The molecule has 4 rings (SSSR count). The second-order valence-corrected chi connectivity index (χ2v) is 10.5. The fraction of sp³-hybridized carbons (Fsp3) is 0.429. The molecule has 154 valence electrons. The summed E-state index contributed by atoms with van der Waals surface area (Å²) in [6.45, 7) is 7.36. The maximum absolute atomic E-state index is 12.6. The first-order valence-corrected chi connectivity index (χ1v) is 11.3. The lowest BCUT2D eigenvalue weighted by molar-refractivity contribution is -0.122. The molecule has 1 aromatic carbocycles. The Hall–Kier alpha value is -2.61. The Labute approximate surface area is 168 Å². The molecule has 2 aromatic heterocycles. The smallest absolute Gasteiger partial charge is 0.340 e. The van der Waals surface area contributed by atoms with Gasteiger partial charge in [-0.2, -0.15) is 0 Å².